The molecule has 1 fully saturated rings. The van der Waals surface area contributed by atoms with Gasteiger partial charge in [-0.05, 0) is 58.8 Å². The van der Waals surface area contributed by atoms with E-state index in [1.807, 2.05) is 0 Å². The third-order valence-corrected chi connectivity index (χ3v) is 6.73. The Bertz CT molecular complexity index is 437. The summed E-state index contributed by atoms with van der Waals surface area (Å²) in [6.07, 6.45) is 2.52. The molecule has 0 unspecified atom stereocenters. The van der Waals surface area contributed by atoms with Crippen LogP contribution in [0.5, 0.6) is 0 Å². The van der Waals surface area contributed by atoms with Gasteiger partial charge < -0.3 is 9.74 Å². The van der Waals surface area contributed by atoms with E-state index in [0.717, 1.165) is 12.8 Å². The topological polar surface area (TPSA) is 21.3 Å². The molecule has 1 aromatic rings. The van der Waals surface area contributed by atoms with Crippen LogP contribution in [0.3, 0.4) is 0 Å². The predicted molar refractivity (Wildman–Crippen MR) is 89.0 cm³/mol. The zero-order valence-electron chi connectivity index (χ0n) is 13.8. The maximum atomic E-state index is 6.63. The molecule has 0 bridgehead atoms. The molecule has 2 rings (SSSR count). The lowest BCUT2D eigenvalue weighted by Crippen LogP contribution is -2.61. The molecule has 1 aliphatic rings. The SMILES string of the molecule is CC1(C)CC(O[Si](C)(C)c2ccccc2)CC(C)(C)N1. The first kappa shape index (κ1) is 15.7. The normalized spacial score (nSPS) is 22.7. The first-order valence-electron chi connectivity index (χ1n) is 7.62. The standard InChI is InChI=1S/C17H29NOSi/c1-16(2)12-14(13-17(3,4)18-16)19-20(5,6)15-10-8-7-9-11-15/h7-11,14,18H,12-13H2,1-6H3. The summed E-state index contributed by atoms with van der Waals surface area (Å²) in [6.45, 7) is 13.7. The molecule has 0 aliphatic carbocycles. The molecule has 112 valence electrons. The molecule has 0 spiro atoms. The summed E-state index contributed by atoms with van der Waals surface area (Å²) in [6, 6.07) is 10.7. The van der Waals surface area contributed by atoms with E-state index in [0.29, 0.717) is 6.10 Å². The van der Waals surface area contributed by atoms with Crippen LogP contribution in [0, 0.1) is 0 Å². The van der Waals surface area contributed by atoms with Crippen molar-refractivity contribution < 1.29 is 4.43 Å². The summed E-state index contributed by atoms with van der Waals surface area (Å²) in [7, 11) is -1.82. The average molecular weight is 292 g/mol. The molecule has 0 atom stereocenters. The molecule has 1 aromatic carbocycles. The van der Waals surface area contributed by atoms with Crippen molar-refractivity contribution in [3.8, 4) is 0 Å². The molecular formula is C17H29NOSi. The molecule has 1 saturated heterocycles. The van der Waals surface area contributed by atoms with Gasteiger partial charge in [-0.2, -0.15) is 0 Å². The molecular weight excluding hydrogens is 262 g/mol. The minimum atomic E-state index is -1.82. The highest BCUT2D eigenvalue weighted by atomic mass is 28.4. The van der Waals surface area contributed by atoms with Gasteiger partial charge in [-0.25, -0.2) is 0 Å². The first-order valence-corrected chi connectivity index (χ1v) is 10.5. The summed E-state index contributed by atoms with van der Waals surface area (Å²) >= 11 is 0. The Kier molecular flexibility index (Phi) is 4.16. The molecule has 1 N–H and O–H groups in total. The Morgan fingerprint density at radius 1 is 1.00 bits per heavy atom. The molecule has 2 nitrogen and oxygen atoms in total. The maximum absolute atomic E-state index is 6.63. The maximum Gasteiger partial charge on any atom is 0.218 e. The quantitative estimate of drug-likeness (QED) is 0.862. The van der Waals surface area contributed by atoms with Crippen molar-refractivity contribution in [2.24, 2.45) is 0 Å². The number of hydrogen-bond donors (Lipinski definition) is 1. The summed E-state index contributed by atoms with van der Waals surface area (Å²) in [4.78, 5) is 0. The second-order valence-electron chi connectivity index (χ2n) is 7.92. The average Bonchev–Trinajstić information content (AvgIpc) is 2.25. The van der Waals surface area contributed by atoms with E-state index in [1.165, 1.54) is 5.19 Å². The van der Waals surface area contributed by atoms with Gasteiger partial charge in [0.05, 0.1) is 0 Å². The van der Waals surface area contributed by atoms with Gasteiger partial charge in [0.1, 0.15) is 0 Å². The number of nitrogens with one attached hydrogen (secondary N) is 1. The number of hydrogen-bond acceptors (Lipinski definition) is 2. The van der Waals surface area contributed by atoms with Crippen molar-refractivity contribution in [1.29, 1.82) is 0 Å². The van der Waals surface area contributed by atoms with Crippen molar-refractivity contribution >= 4 is 13.5 Å². The van der Waals surface area contributed by atoms with Gasteiger partial charge in [0.15, 0.2) is 0 Å². The smallest absolute Gasteiger partial charge is 0.218 e. The Morgan fingerprint density at radius 3 is 2.00 bits per heavy atom. The summed E-state index contributed by atoms with van der Waals surface area (Å²) in [5.41, 5.74) is 0.293. The zero-order valence-corrected chi connectivity index (χ0v) is 14.8. The molecule has 3 heteroatoms. The van der Waals surface area contributed by atoms with E-state index in [2.05, 4.69) is 76.4 Å². The minimum Gasteiger partial charge on any atom is -0.410 e. The van der Waals surface area contributed by atoms with Gasteiger partial charge in [-0.15, -0.1) is 0 Å². The highest BCUT2D eigenvalue weighted by molar-refractivity contribution is 6.84. The van der Waals surface area contributed by atoms with E-state index in [-0.39, 0.29) is 11.1 Å². The van der Waals surface area contributed by atoms with E-state index >= 15 is 0 Å². The lowest BCUT2D eigenvalue weighted by atomic mass is 9.81. The Labute approximate surface area is 125 Å². The minimum absolute atomic E-state index is 0.146. The zero-order chi connectivity index (χ0) is 15.0. The fourth-order valence-electron chi connectivity index (χ4n) is 3.64. The van der Waals surface area contributed by atoms with Gasteiger partial charge in [0.25, 0.3) is 0 Å². The molecule has 0 saturated carbocycles. The van der Waals surface area contributed by atoms with Crippen LogP contribution in [-0.4, -0.2) is 25.5 Å². The van der Waals surface area contributed by atoms with E-state index in [1.54, 1.807) is 0 Å². The Balaban J connectivity index is 2.13. The molecule has 0 aromatic heterocycles. The number of piperidine rings is 1. The van der Waals surface area contributed by atoms with Gasteiger partial charge in [-0.1, -0.05) is 30.3 Å². The third kappa shape index (κ3) is 3.93. The van der Waals surface area contributed by atoms with Gasteiger partial charge in [0.2, 0.25) is 8.32 Å². The molecule has 1 heterocycles. The number of rotatable bonds is 3. The van der Waals surface area contributed by atoms with Crippen LogP contribution < -0.4 is 10.5 Å². The highest BCUT2D eigenvalue weighted by Crippen LogP contribution is 2.31. The van der Waals surface area contributed by atoms with Crippen LogP contribution in [0.25, 0.3) is 0 Å². The van der Waals surface area contributed by atoms with Crippen LogP contribution in [0.15, 0.2) is 30.3 Å². The Morgan fingerprint density at radius 2 is 1.50 bits per heavy atom. The molecule has 1 aliphatic heterocycles. The van der Waals surface area contributed by atoms with E-state index < -0.39 is 8.32 Å². The van der Waals surface area contributed by atoms with Gasteiger partial charge in [-0.3, -0.25) is 0 Å². The van der Waals surface area contributed by atoms with Crippen molar-refractivity contribution in [3.05, 3.63) is 30.3 Å². The Hall–Kier alpha value is -0.643. The second kappa shape index (κ2) is 5.28. The predicted octanol–water partition coefficient (Wildman–Crippen LogP) is 3.42. The second-order valence-corrected chi connectivity index (χ2v) is 11.8. The van der Waals surface area contributed by atoms with Gasteiger partial charge >= 0.3 is 0 Å². The third-order valence-electron chi connectivity index (χ3n) is 4.08. The number of benzene rings is 1. The fraction of sp³-hybridized carbons (Fsp3) is 0.647. The largest absolute Gasteiger partial charge is 0.410 e. The van der Waals surface area contributed by atoms with Crippen molar-refractivity contribution in [2.45, 2.75) is 70.8 Å². The van der Waals surface area contributed by atoms with Crippen LogP contribution >= 0.6 is 0 Å². The molecule has 0 radical (unpaired) electrons. The monoisotopic (exact) mass is 291 g/mol. The lowest BCUT2D eigenvalue weighted by molar-refractivity contribution is 0.0525. The van der Waals surface area contributed by atoms with Gasteiger partial charge in [0, 0.05) is 17.2 Å². The summed E-state index contributed by atoms with van der Waals surface area (Å²) in [5, 5.41) is 5.11. The van der Waals surface area contributed by atoms with Crippen molar-refractivity contribution in [1.82, 2.24) is 5.32 Å². The highest BCUT2D eigenvalue weighted by Gasteiger charge is 2.40. The van der Waals surface area contributed by atoms with E-state index in [4.69, 9.17) is 4.43 Å². The van der Waals surface area contributed by atoms with Crippen LogP contribution in [0.2, 0.25) is 13.1 Å². The summed E-state index contributed by atoms with van der Waals surface area (Å²) in [5.74, 6) is 0. The van der Waals surface area contributed by atoms with Crippen molar-refractivity contribution in [2.75, 3.05) is 0 Å². The van der Waals surface area contributed by atoms with Crippen LogP contribution in [-0.2, 0) is 4.43 Å². The molecule has 20 heavy (non-hydrogen) atoms. The van der Waals surface area contributed by atoms with Crippen molar-refractivity contribution in [3.63, 3.8) is 0 Å². The van der Waals surface area contributed by atoms with E-state index in [9.17, 15) is 0 Å². The molecule has 0 amide bonds. The van der Waals surface area contributed by atoms with Crippen LogP contribution in [0.4, 0.5) is 0 Å². The lowest BCUT2D eigenvalue weighted by Gasteiger charge is -2.48. The van der Waals surface area contributed by atoms with Crippen LogP contribution in [0.1, 0.15) is 40.5 Å². The first-order chi connectivity index (χ1) is 9.10. The summed E-state index contributed by atoms with van der Waals surface area (Å²) < 4.78 is 6.63. The fourth-order valence-corrected chi connectivity index (χ4v) is 5.77.